The van der Waals surface area contributed by atoms with Crippen LogP contribution in [0, 0.1) is 6.92 Å². The lowest BCUT2D eigenvalue weighted by Crippen LogP contribution is -2.17. The molecule has 1 aliphatic carbocycles. The predicted molar refractivity (Wildman–Crippen MR) is 91.6 cm³/mol. The van der Waals surface area contributed by atoms with E-state index in [2.05, 4.69) is 29.0 Å². The van der Waals surface area contributed by atoms with Crippen LogP contribution in [0.2, 0.25) is 0 Å². The van der Waals surface area contributed by atoms with Crippen molar-refractivity contribution in [3.05, 3.63) is 35.1 Å². The molecule has 0 aliphatic heterocycles. The van der Waals surface area contributed by atoms with Crippen LogP contribution in [-0.2, 0) is 9.57 Å². The van der Waals surface area contributed by atoms with Crippen molar-refractivity contribution in [1.29, 1.82) is 0 Å². The van der Waals surface area contributed by atoms with Gasteiger partial charge in [-0.05, 0) is 40.0 Å². The second kappa shape index (κ2) is 8.57. The summed E-state index contributed by atoms with van der Waals surface area (Å²) in [5.74, 6) is 0.362. The van der Waals surface area contributed by atoms with Gasteiger partial charge < -0.3 is 9.57 Å². The Labute approximate surface area is 143 Å². The first-order chi connectivity index (χ1) is 11.5. The molecule has 1 heterocycles. The van der Waals surface area contributed by atoms with E-state index in [4.69, 9.17) is 9.57 Å². The van der Waals surface area contributed by atoms with Gasteiger partial charge >= 0.3 is 5.97 Å². The number of carbonyl (C=O) groups is 1. The van der Waals surface area contributed by atoms with Crippen molar-refractivity contribution in [2.75, 3.05) is 0 Å². The molecule has 6 nitrogen and oxygen atoms in total. The van der Waals surface area contributed by atoms with Gasteiger partial charge in [-0.25, -0.2) is 9.78 Å². The number of rotatable bonds is 6. The van der Waals surface area contributed by atoms with Crippen LogP contribution in [-0.4, -0.2) is 27.8 Å². The van der Waals surface area contributed by atoms with Gasteiger partial charge in [0.1, 0.15) is 5.76 Å². The highest BCUT2D eigenvalue weighted by molar-refractivity contribution is 6.01. The van der Waals surface area contributed by atoms with Gasteiger partial charge in [-0.3, -0.25) is 4.98 Å². The van der Waals surface area contributed by atoms with Gasteiger partial charge in [0.25, 0.3) is 0 Å². The Bertz CT molecular complexity index is 653. The van der Waals surface area contributed by atoms with Crippen molar-refractivity contribution in [1.82, 2.24) is 9.97 Å². The van der Waals surface area contributed by atoms with Crippen molar-refractivity contribution >= 4 is 11.7 Å². The molecule has 1 atom stereocenters. The number of hydrogen-bond donors (Lipinski definition) is 0. The molecular formula is C18H25N3O3. The summed E-state index contributed by atoms with van der Waals surface area (Å²) < 4.78 is 6.02. The Morgan fingerprint density at radius 2 is 2.04 bits per heavy atom. The molecule has 24 heavy (non-hydrogen) atoms. The Kier molecular flexibility index (Phi) is 6.46. The van der Waals surface area contributed by atoms with Gasteiger partial charge in [0.05, 0.1) is 17.5 Å². The van der Waals surface area contributed by atoms with Gasteiger partial charge in [0, 0.05) is 24.4 Å². The first-order valence-electron chi connectivity index (χ1n) is 8.45. The summed E-state index contributed by atoms with van der Waals surface area (Å²) in [5, 5.41) is 4.05. The molecular weight excluding hydrogens is 306 g/mol. The third-order valence-corrected chi connectivity index (χ3v) is 4.02. The molecule has 0 aromatic carbocycles. The molecule has 1 aromatic rings. The van der Waals surface area contributed by atoms with Crippen LogP contribution in [0.25, 0.3) is 0 Å². The lowest BCUT2D eigenvalue weighted by atomic mass is 9.96. The third-order valence-electron chi connectivity index (χ3n) is 4.02. The number of oxime groups is 1. The molecule has 130 valence electrons. The van der Waals surface area contributed by atoms with E-state index in [0.29, 0.717) is 5.69 Å². The van der Waals surface area contributed by atoms with Gasteiger partial charge in [-0.15, -0.1) is 0 Å². The maximum Gasteiger partial charge on any atom is 0.385 e. The van der Waals surface area contributed by atoms with Crippen LogP contribution in [0.1, 0.15) is 69.1 Å². The van der Waals surface area contributed by atoms with E-state index >= 15 is 0 Å². The van der Waals surface area contributed by atoms with Crippen molar-refractivity contribution in [2.24, 2.45) is 5.16 Å². The van der Waals surface area contributed by atoms with Crippen molar-refractivity contribution in [3.63, 3.8) is 0 Å². The lowest BCUT2D eigenvalue weighted by molar-refractivity contribution is 0.0505. The number of carbonyl (C=O) groups excluding carboxylic acids is 1. The number of aryl methyl sites for hydroxylation is 1. The first-order valence-corrected chi connectivity index (χ1v) is 8.45. The average molecular weight is 331 g/mol. The fourth-order valence-electron chi connectivity index (χ4n) is 2.67. The molecule has 1 unspecified atom stereocenters. The number of hydrogen-bond acceptors (Lipinski definition) is 6. The van der Waals surface area contributed by atoms with Crippen molar-refractivity contribution < 1.29 is 14.4 Å². The van der Waals surface area contributed by atoms with Crippen molar-refractivity contribution in [3.8, 4) is 0 Å². The molecule has 1 aliphatic rings. The van der Waals surface area contributed by atoms with E-state index in [9.17, 15) is 4.79 Å². The second-order valence-corrected chi connectivity index (χ2v) is 6.03. The molecule has 0 spiro atoms. The van der Waals surface area contributed by atoms with Gasteiger partial charge in [-0.1, -0.05) is 18.5 Å². The van der Waals surface area contributed by atoms with Gasteiger partial charge in [0.15, 0.2) is 5.69 Å². The first kappa shape index (κ1) is 18.1. The molecule has 1 aromatic heterocycles. The molecule has 6 heteroatoms. The normalized spacial score (nSPS) is 17.8. The van der Waals surface area contributed by atoms with E-state index < -0.39 is 5.97 Å². The number of ether oxygens (including phenoxy) is 1. The zero-order chi connectivity index (χ0) is 17.5. The summed E-state index contributed by atoms with van der Waals surface area (Å²) in [5.41, 5.74) is 2.44. The van der Waals surface area contributed by atoms with Crippen LogP contribution in [0.4, 0.5) is 0 Å². The standard InChI is InChI=1S/C18H25N3O3/c1-5-7-12(2)23-16-9-6-8-15(13(16)3)21-24-18(22)17-14(4)19-10-11-20-17/h10-12H,5-9H2,1-4H3. The Hall–Kier alpha value is -2.24. The minimum Gasteiger partial charge on any atom is -0.495 e. The van der Waals surface area contributed by atoms with E-state index in [0.717, 1.165) is 49.1 Å². The SMILES string of the molecule is CCCC(C)OC1=C(C)C(=NOC(=O)c2nccnc2C)CCC1. The molecule has 0 fully saturated rings. The Morgan fingerprint density at radius 3 is 2.75 bits per heavy atom. The third kappa shape index (κ3) is 4.63. The quantitative estimate of drug-likeness (QED) is 0.582. The van der Waals surface area contributed by atoms with E-state index in [1.54, 1.807) is 6.92 Å². The van der Waals surface area contributed by atoms with Crippen LogP contribution < -0.4 is 0 Å². The minimum absolute atomic E-state index is 0.184. The number of nitrogens with zero attached hydrogens (tertiary/aromatic N) is 3. The summed E-state index contributed by atoms with van der Waals surface area (Å²) in [7, 11) is 0. The van der Waals surface area contributed by atoms with E-state index in [-0.39, 0.29) is 11.8 Å². The van der Waals surface area contributed by atoms with Crippen LogP contribution in [0.3, 0.4) is 0 Å². The monoisotopic (exact) mass is 331 g/mol. The van der Waals surface area contributed by atoms with Gasteiger partial charge in [0.2, 0.25) is 0 Å². The Morgan fingerprint density at radius 1 is 1.29 bits per heavy atom. The highest BCUT2D eigenvalue weighted by Gasteiger charge is 2.20. The highest BCUT2D eigenvalue weighted by Crippen LogP contribution is 2.25. The molecule has 2 rings (SSSR count). The number of allylic oxidation sites excluding steroid dienone is 2. The molecule has 0 N–H and O–H groups in total. The van der Waals surface area contributed by atoms with Gasteiger partial charge in [-0.2, -0.15) is 0 Å². The molecule has 0 radical (unpaired) electrons. The fourth-order valence-corrected chi connectivity index (χ4v) is 2.67. The maximum atomic E-state index is 12.1. The second-order valence-electron chi connectivity index (χ2n) is 6.03. The van der Waals surface area contributed by atoms with Crippen molar-refractivity contribution in [2.45, 2.75) is 65.9 Å². The van der Waals surface area contributed by atoms with Crippen LogP contribution >= 0.6 is 0 Å². The molecule has 0 saturated carbocycles. The number of aromatic nitrogens is 2. The maximum absolute atomic E-state index is 12.1. The summed E-state index contributed by atoms with van der Waals surface area (Å²) in [6.07, 6.45) is 7.89. The topological polar surface area (TPSA) is 73.7 Å². The highest BCUT2D eigenvalue weighted by atomic mass is 16.7. The zero-order valence-electron chi connectivity index (χ0n) is 14.8. The summed E-state index contributed by atoms with van der Waals surface area (Å²) in [6.45, 7) is 7.89. The zero-order valence-corrected chi connectivity index (χ0v) is 14.8. The fraction of sp³-hybridized carbons (Fsp3) is 0.556. The molecule has 0 bridgehead atoms. The lowest BCUT2D eigenvalue weighted by Gasteiger charge is -2.23. The predicted octanol–water partition coefficient (Wildman–Crippen LogP) is 3.96. The van der Waals surface area contributed by atoms with E-state index in [1.807, 2.05) is 6.92 Å². The van der Waals surface area contributed by atoms with E-state index in [1.165, 1.54) is 12.4 Å². The molecule has 0 saturated heterocycles. The smallest absolute Gasteiger partial charge is 0.385 e. The van der Waals surface area contributed by atoms with Crippen LogP contribution in [0.5, 0.6) is 0 Å². The summed E-state index contributed by atoms with van der Waals surface area (Å²) in [4.78, 5) is 25.2. The average Bonchev–Trinajstić information content (AvgIpc) is 2.56. The summed E-state index contributed by atoms with van der Waals surface area (Å²) >= 11 is 0. The Balaban J connectivity index is 2.08. The molecule has 0 amide bonds. The largest absolute Gasteiger partial charge is 0.495 e. The summed E-state index contributed by atoms with van der Waals surface area (Å²) in [6, 6.07) is 0. The minimum atomic E-state index is -0.590. The van der Waals surface area contributed by atoms with Crippen LogP contribution in [0.15, 0.2) is 28.9 Å².